The first-order valence-electron chi connectivity index (χ1n) is 9.33. The zero-order valence-corrected chi connectivity index (χ0v) is 16.3. The maximum absolute atomic E-state index is 13.6. The molecule has 3 rings (SSSR count). The van der Waals surface area contributed by atoms with Gasteiger partial charge in [-0.25, -0.2) is 9.82 Å². The number of benzene rings is 2. The molecule has 0 aliphatic carbocycles. The maximum atomic E-state index is 13.6. The first kappa shape index (κ1) is 19.1. The Morgan fingerprint density at radius 3 is 2.78 bits per heavy atom. The summed E-state index contributed by atoms with van der Waals surface area (Å²) in [7, 11) is 0. The number of carbonyl (C=O) groups excluding carboxylic acids is 1. The second-order valence-electron chi connectivity index (χ2n) is 7.66. The second-order valence-corrected chi connectivity index (χ2v) is 7.66. The summed E-state index contributed by atoms with van der Waals surface area (Å²) in [5, 5.41) is 4.00. The normalized spacial score (nSPS) is 18.4. The summed E-state index contributed by atoms with van der Waals surface area (Å²) in [6.45, 7) is 9.94. The molecule has 1 N–H and O–H groups in total. The summed E-state index contributed by atoms with van der Waals surface area (Å²) < 4.78 is 13.6. The average molecular weight is 367 g/mol. The van der Waals surface area contributed by atoms with Gasteiger partial charge < -0.3 is 4.90 Å². The molecule has 142 valence electrons. The highest BCUT2D eigenvalue weighted by Gasteiger charge is 2.35. The SMILES string of the molecule is CCN1c2ccc(/C=N/NC(=O)c3ccccc3F)cc2C(C)CC1(C)C. The molecule has 2 aromatic rings. The maximum Gasteiger partial charge on any atom is 0.274 e. The van der Waals surface area contributed by atoms with Crippen LogP contribution in [0.3, 0.4) is 0 Å². The van der Waals surface area contributed by atoms with Crippen LogP contribution >= 0.6 is 0 Å². The van der Waals surface area contributed by atoms with Crippen LogP contribution in [0.1, 0.15) is 61.5 Å². The molecule has 0 spiro atoms. The van der Waals surface area contributed by atoms with Gasteiger partial charge in [-0.15, -0.1) is 0 Å². The Labute approximate surface area is 160 Å². The van der Waals surface area contributed by atoms with Gasteiger partial charge in [-0.2, -0.15) is 5.10 Å². The van der Waals surface area contributed by atoms with Crippen LogP contribution in [0.15, 0.2) is 47.6 Å². The zero-order chi connectivity index (χ0) is 19.6. The van der Waals surface area contributed by atoms with Crippen molar-refractivity contribution in [2.45, 2.75) is 45.6 Å². The van der Waals surface area contributed by atoms with Gasteiger partial charge >= 0.3 is 0 Å². The molecule has 0 aromatic heterocycles. The fourth-order valence-corrected chi connectivity index (χ4v) is 4.06. The Bertz CT molecular complexity index is 876. The first-order chi connectivity index (χ1) is 12.8. The molecule has 2 aromatic carbocycles. The molecule has 0 saturated carbocycles. The summed E-state index contributed by atoms with van der Waals surface area (Å²) in [6.07, 6.45) is 2.68. The van der Waals surface area contributed by atoms with Crippen molar-refractivity contribution in [3.05, 3.63) is 65.0 Å². The number of hydrogen-bond donors (Lipinski definition) is 1. The molecule has 1 aliphatic rings. The summed E-state index contributed by atoms with van der Waals surface area (Å²) in [6, 6.07) is 12.1. The molecule has 5 heteroatoms. The van der Waals surface area contributed by atoms with E-state index in [9.17, 15) is 9.18 Å². The van der Waals surface area contributed by atoms with Crippen molar-refractivity contribution >= 4 is 17.8 Å². The van der Waals surface area contributed by atoms with Crippen molar-refractivity contribution in [2.75, 3.05) is 11.4 Å². The number of nitrogens with zero attached hydrogens (tertiary/aromatic N) is 2. The van der Waals surface area contributed by atoms with Crippen molar-refractivity contribution in [3.63, 3.8) is 0 Å². The van der Waals surface area contributed by atoms with Crippen molar-refractivity contribution in [2.24, 2.45) is 5.10 Å². The van der Waals surface area contributed by atoms with Gasteiger partial charge in [-0.05, 0) is 68.5 Å². The van der Waals surface area contributed by atoms with E-state index in [0.29, 0.717) is 5.92 Å². The molecule has 4 nitrogen and oxygen atoms in total. The molecule has 1 atom stereocenters. The number of carbonyl (C=O) groups is 1. The highest BCUT2D eigenvalue weighted by molar-refractivity contribution is 5.95. The van der Waals surface area contributed by atoms with Gasteiger partial charge in [0.05, 0.1) is 11.8 Å². The van der Waals surface area contributed by atoms with Gasteiger partial charge in [0.2, 0.25) is 0 Å². The minimum atomic E-state index is -0.561. The fraction of sp³-hybridized carbons (Fsp3) is 0.364. The van der Waals surface area contributed by atoms with Crippen LogP contribution in [0.4, 0.5) is 10.1 Å². The molecule has 1 aliphatic heterocycles. The fourth-order valence-electron chi connectivity index (χ4n) is 4.06. The lowest BCUT2D eigenvalue weighted by Crippen LogP contribution is -2.48. The Hall–Kier alpha value is -2.69. The topological polar surface area (TPSA) is 44.7 Å². The van der Waals surface area contributed by atoms with Crippen LogP contribution in [0.2, 0.25) is 0 Å². The molecule has 0 radical (unpaired) electrons. The lowest BCUT2D eigenvalue weighted by molar-refractivity contribution is 0.0951. The molecule has 0 saturated heterocycles. The van der Waals surface area contributed by atoms with Crippen LogP contribution in [0.5, 0.6) is 0 Å². The Morgan fingerprint density at radius 1 is 1.33 bits per heavy atom. The monoisotopic (exact) mass is 367 g/mol. The summed E-state index contributed by atoms with van der Waals surface area (Å²) >= 11 is 0. The van der Waals surface area contributed by atoms with Crippen LogP contribution < -0.4 is 10.3 Å². The number of fused-ring (bicyclic) bond motifs is 1. The van der Waals surface area contributed by atoms with E-state index in [1.54, 1.807) is 18.3 Å². The van der Waals surface area contributed by atoms with E-state index in [1.807, 2.05) is 6.07 Å². The summed E-state index contributed by atoms with van der Waals surface area (Å²) in [5.41, 5.74) is 5.96. The Kier molecular flexibility index (Phi) is 5.31. The number of amides is 1. The van der Waals surface area contributed by atoms with E-state index in [0.717, 1.165) is 18.5 Å². The highest BCUT2D eigenvalue weighted by atomic mass is 19.1. The average Bonchev–Trinajstić information content (AvgIpc) is 2.62. The van der Waals surface area contributed by atoms with E-state index < -0.39 is 11.7 Å². The minimum absolute atomic E-state index is 0.0190. The lowest BCUT2D eigenvalue weighted by Gasteiger charge is -2.47. The van der Waals surface area contributed by atoms with Gasteiger partial charge in [-0.1, -0.05) is 25.1 Å². The minimum Gasteiger partial charge on any atom is -0.366 e. The highest BCUT2D eigenvalue weighted by Crippen LogP contribution is 2.43. The van der Waals surface area contributed by atoms with Crippen LogP contribution in [-0.2, 0) is 0 Å². The number of nitrogens with one attached hydrogen (secondary N) is 1. The Morgan fingerprint density at radius 2 is 2.07 bits per heavy atom. The van der Waals surface area contributed by atoms with Crippen LogP contribution in [0.25, 0.3) is 0 Å². The van der Waals surface area contributed by atoms with Crippen molar-refractivity contribution in [1.82, 2.24) is 5.43 Å². The lowest BCUT2D eigenvalue weighted by atomic mass is 9.79. The molecule has 0 fully saturated rings. The predicted octanol–water partition coefficient (Wildman–Crippen LogP) is 4.70. The van der Waals surface area contributed by atoms with Crippen molar-refractivity contribution < 1.29 is 9.18 Å². The first-order valence-corrected chi connectivity index (χ1v) is 9.33. The second kappa shape index (κ2) is 7.51. The molecule has 1 amide bonds. The molecule has 1 heterocycles. The number of halogens is 1. The van der Waals surface area contributed by atoms with Gasteiger partial charge in [0.15, 0.2) is 0 Å². The van der Waals surface area contributed by atoms with E-state index >= 15 is 0 Å². The largest absolute Gasteiger partial charge is 0.366 e. The zero-order valence-electron chi connectivity index (χ0n) is 16.3. The van der Waals surface area contributed by atoms with E-state index in [1.165, 1.54) is 23.4 Å². The predicted molar refractivity (Wildman–Crippen MR) is 108 cm³/mol. The number of hydrazone groups is 1. The molecule has 0 bridgehead atoms. The third-order valence-electron chi connectivity index (χ3n) is 5.22. The number of rotatable bonds is 4. The van der Waals surface area contributed by atoms with Crippen molar-refractivity contribution in [3.8, 4) is 0 Å². The van der Waals surface area contributed by atoms with Gasteiger partial charge in [0, 0.05) is 17.8 Å². The van der Waals surface area contributed by atoms with E-state index in [4.69, 9.17) is 0 Å². The Balaban J connectivity index is 1.78. The summed E-state index contributed by atoms with van der Waals surface area (Å²) in [5.74, 6) is -0.677. The molecule has 1 unspecified atom stereocenters. The quantitative estimate of drug-likeness (QED) is 0.629. The third-order valence-corrected chi connectivity index (χ3v) is 5.22. The van der Waals surface area contributed by atoms with E-state index in [2.05, 4.69) is 55.3 Å². The smallest absolute Gasteiger partial charge is 0.274 e. The molecule has 27 heavy (non-hydrogen) atoms. The van der Waals surface area contributed by atoms with Gasteiger partial charge in [0.1, 0.15) is 5.82 Å². The number of hydrogen-bond acceptors (Lipinski definition) is 3. The van der Waals surface area contributed by atoms with Gasteiger partial charge in [-0.3, -0.25) is 4.79 Å². The summed E-state index contributed by atoms with van der Waals surface area (Å²) in [4.78, 5) is 14.5. The van der Waals surface area contributed by atoms with Crippen molar-refractivity contribution in [1.29, 1.82) is 0 Å². The van der Waals surface area contributed by atoms with E-state index in [-0.39, 0.29) is 11.1 Å². The van der Waals surface area contributed by atoms with Crippen LogP contribution in [-0.4, -0.2) is 24.2 Å². The molecular formula is C22H26FN3O. The molecular weight excluding hydrogens is 341 g/mol. The van der Waals surface area contributed by atoms with Crippen LogP contribution in [0, 0.1) is 5.82 Å². The third kappa shape index (κ3) is 3.87. The van der Waals surface area contributed by atoms with Gasteiger partial charge in [0.25, 0.3) is 5.91 Å². The number of anilines is 1. The standard InChI is InChI=1S/C22H26FN3O/c1-5-26-20-11-10-16(12-18(20)15(2)13-22(26,3)4)14-24-25-21(27)17-8-6-7-9-19(17)23/h6-12,14-15H,5,13H2,1-4H3,(H,25,27)/b24-14+.